The predicted octanol–water partition coefficient (Wildman–Crippen LogP) is 5.62. The third kappa shape index (κ3) is 3.90. The van der Waals surface area contributed by atoms with Gasteiger partial charge in [-0.05, 0) is 38.1 Å². The smallest absolute Gasteiger partial charge is 0.262 e. The van der Waals surface area contributed by atoms with E-state index in [-0.39, 0.29) is 23.3 Å². The van der Waals surface area contributed by atoms with Gasteiger partial charge in [0.15, 0.2) is 5.16 Å². The first kappa shape index (κ1) is 22.0. The molecule has 5 rings (SSSR count). The largest absolute Gasteiger partial charge is 0.495 e. The molecule has 0 aliphatic heterocycles. The molecule has 0 spiro atoms. The number of furan rings is 1. The molecule has 0 radical (unpaired) electrons. The van der Waals surface area contributed by atoms with Gasteiger partial charge in [0.2, 0.25) is 5.91 Å². The van der Waals surface area contributed by atoms with Gasteiger partial charge in [0.1, 0.15) is 16.9 Å². The topological polar surface area (TPSA) is 86.4 Å². The normalized spacial score (nSPS) is 11.5. The number of methoxy groups -OCH3 is 1. The summed E-state index contributed by atoms with van der Waals surface area (Å²) in [6.07, 6.45) is 0. The highest BCUT2D eigenvalue weighted by atomic mass is 32.2. The first-order valence-electron chi connectivity index (χ1n) is 10.9. The number of carbonyl (C=O) groups excluding carboxylic acids is 1. The predicted molar refractivity (Wildman–Crippen MR) is 136 cm³/mol. The van der Waals surface area contributed by atoms with Crippen LogP contribution >= 0.6 is 11.8 Å². The molecule has 1 amide bonds. The summed E-state index contributed by atoms with van der Waals surface area (Å²) in [5.41, 5.74) is 2.46. The van der Waals surface area contributed by atoms with Crippen molar-refractivity contribution in [1.82, 2.24) is 9.55 Å². The molecule has 0 saturated heterocycles. The number of carbonyl (C=O) groups is 1. The molecule has 172 valence electrons. The molecule has 2 heterocycles. The van der Waals surface area contributed by atoms with Crippen LogP contribution in [-0.4, -0.2) is 28.3 Å². The van der Waals surface area contributed by atoms with Gasteiger partial charge in [0, 0.05) is 22.9 Å². The fourth-order valence-electron chi connectivity index (χ4n) is 4.02. The van der Waals surface area contributed by atoms with Gasteiger partial charge in [0.05, 0.1) is 29.5 Å². The number of benzene rings is 3. The van der Waals surface area contributed by atoms with Crippen LogP contribution in [-0.2, 0) is 4.79 Å². The second-order valence-corrected chi connectivity index (χ2v) is 9.11. The van der Waals surface area contributed by atoms with Gasteiger partial charge in [-0.15, -0.1) is 0 Å². The molecule has 3 aromatic carbocycles. The van der Waals surface area contributed by atoms with Crippen LogP contribution in [0.5, 0.6) is 5.75 Å². The SMILES string of the molecule is COc1cc2c(cc1NC(=O)CSc1nc3ccccc3c(=O)n1C(C)C)oc1ccccc12. The van der Waals surface area contributed by atoms with E-state index in [1.54, 1.807) is 29.9 Å². The number of hydrogen-bond donors (Lipinski definition) is 1. The molecule has 0 fully saturated rings. The highest BCUT2D eigenvalue weighted by Gasteiger charge is 2.17. The summed E-state index contributed by atoms with van der Waals surface area (Å²) in [5, 5.41) is 5.88. The second-order valence-electron chi connectivity index (χ2n) is 8.16. The molecule has 1 N–H and O–H groups in total. The second kappa shape index (κ2) is 8.87. The number of nitrogens with one attached hydrogen (secondary N) is 1. The lowest BCUT2D eigenvalue weighted by Gasteiger charge is -2.16. The molecular formula is C26H23N3O4S. The van der Waals surface area contributed by atoms with Crippen LogP contribution in [0.4, 0.5) is 5.69 Å². The van der Waals surface area contributed by atoms with Crippen molar-refractivity contribution in [1.29, 1.82) is 0 Å². The average molecular weight is 474 g/mol. The van der Waals surface area contributed by atoms with Crippen LogP contribution in [0, 0.1) is 0 Å². The Morgan fingerprint density at radius 2 is 1.79 bits per heavy atom. The maximum absolute atomic E-state index is 13.0. The third-order valence-electron chi connectivity index (χ3n) is 5.60. The van der Waals surface area contributed by atoms with Gasteiger partial charge in [-0.25, -0.2) is 4.98 Å². The lowest BCUT2D eigenvalue weighted by molar-refractivity contribution is -0.113. The zero-order chi connectivity index (χ0) is 23.8. The van der Waals surface area contributed by atoms with Gasteiger partial charge < -0.3 is 14.5 Å². The highest BCUT2D eigenvalue weighted by molar-refractivity contribution is 7.99. The number of fused-ring (bicyclic) bond motifs is 4. The standard InChI is InChI=1S/C26H23N3O4S/c1-15(2)29-25(31)17-9-4-6-10-19(17)28-26(29)34-14-24(30)27-20-13-22-18(12-23(20)32-3)16-8-5-7-11-21(16)33-22/h4-13,15H,14H2,1-3H3,(H,27,30). The first-order chi connectivity index (χ1) is 16.5. The minimum absolute atomic E-state index is 0.0822. The Morgan fingerprint density at radius 3 is 2.56 bits per heavy atom. The van der Waals surface area contributed by atoms with Gasteiger partial charge >= 0.3 is 0 Å². The van der Waals surface area contributed by atoms with E-state index < -0.39 is 0 Å². The van der Waals surface area contributed by atoms with Crippen molar-refractivity contribution in [2.75, 3.05) is 18.2 Å². The summed E-state index contributed by atoms with van der Waals surface area (Å²) >= 11 is 1.23. The zero-order valence-electron chi connectivity index (χ0n) is 19.0. The molecule has 0 aliphatic carbocycles. The number of amides is 1. The van der Waals surface area contributed by atoms with Crippen LogP contribution in [0.25, 0.3) is 32.8 Å². The fourth-order valence-corrected chi connectivity index (χ4v) is 4.95. The molecule has 0 aliphatic rings. The fraction of sp³-hybridized carbons (Fsp3) is 0.192. The number of anilines is 1. The maximum Gasteiger partial charge on any atom is 0.262 e. The average Bonchev–Trinajstić information content (AvgIpc) is 3.19. The molecule has 7 nitrogen and oxygen atoms in total. The Labute approximate surface area is 199 Å². The van der Waals surface area contributed by atoms with E-state index in [1.807, 2.05) is 56.3 Å². The van der Waals surface area contributed by atoms with E-state index in [2.05, 4.69) is 10.3 Å². The van der Waals surface area contributed by atoms with E-state index in [9.17, 15) is 9.59 Å². The number of thioether (sulfide) groups is 1. The van der Waals surface area contributed by atoms with E-state index in [0.717, 1.165) is 16.4 Å². The number of para-hydroxylation sites is 2. The number of aromatic nitrogens is 2. The Hall–Kier alpha value is -3.78. The van der Waals surface area contributed by atoms with Gasteiger partial charge in [0.25, 0.3) is 5.56 Å². The minimum Gasteiger partial charge on any atom is -0.495 e. The zero-order valence-corrected chi connectivity index (χ0v) is 19.8. The third-order valence-corrected chi connectivity index (χ3v) is 6.55. The van der Waals surface area contributed by atoms with Crippen molar-refractivity contribution in [3.8, 4) is 5.75 Å². The Morgan fingerprint density at radius 1 is 1.06 bits per heavy atom. The number of rotatable bonds is 6. The molecule has 0 atom stereocenters. The monoisotopic (exact) mass is 473 g/mol. The van der Waals surface area contributed by atoms with Gasteiger partial charge in [-0.2, -0.15) is 0 Å². The molecule has 8 heteroatoms. The van der Waals surface area contributed by atoms with Crippen LogP contribution < -0.4 is 15.6 Å². The van der Waals surface area contributed by atoms with Crippen LogP contribution in [0.3, 0.4) is 0 Å². The minimum atomic E-state index is -0.239. The molecule has 0 unspecified atom stereocenters. The van der Waals surface area contributed by atoms with E-state index in [0.29, 0.717) is 33.1 Å². The molecular weight excluding hydrogens is 450 g/mol. The Kier molecular flexibility index (Phi) is 5.75. The van der Waals surface area contributed by atoms with Crippen molar-refractivity contribution < 1.29 is 13.9 Å². The van der Waals surface area contributed by atoms with E-state index >= 15 is 0 Å². The van der Waals surface area contributed by atoms with Crippen molar-refractivity contribution >= 4 is 56.2 Å². The summed E-state index contributed by atoms with van der Waals surface area (Å²) < 4.78 is 13.1. The quantitative estimate of drug-likeness (QED) is 0.255. The molecule has 0 bridgehead atoms. The summed E-state index contributed by atoms with van der Waals surface area (Å²) in [5.74, 6) is 0.385. The summed E-state index contributed by atoms with van der Waals surface area (Å²) in [4.78, 5) is 30.5. The molecule has 34 heavy (non-hydrogen) atoms. The van der Waals surface area contributed by atoms with Crippen molar-refractivity contribution in [2.45, 2.75) is 25.0 Å². The Balaban J connectivity index is 1.42. The van der Waals surface area contributed by atoms with Gasteiger partial charge in [-0.3, -0.25) is 14.2 Å². The van der Waals surface area contributed by atoms with Crippen molar-refractivity contribution in [3.05, 3.63) is 71.0 Å². The summed E-state index contributed by atoms with van der Waals surface area (Å²) in [6.45, 7) is 3.85. The lowest BCUT2D eigenvalue weighted by atomic mass is 10.1. The van der Waals surface area contributed by atoms with Crippen molar-refractivity contribution in [3.63, 3.8) is 0 Å². The van der Waals surface area contributed by atoms with E-state index in [4.69, 9.17) is 9.15 Å². The maximum atomic E-state index is 13.0. The lowest BCUT2D eigenvalue weighted by Crippen LogP contribution is -2.25. The number of nitrogens with zero attached hydrogens (tertiary/aromatic N) is 2. The first-order valence-corrected chi connectivity index (χ1v) is 11.9. The summed E-state index contributed by atoms with van der Waals surface area (Å²) in [7, 11) is 1.56. The Bertz CT molecular complexity index is 1600. The van der Waals surface area contributed by atoms with Crippen LogP contribution in [0.1, 0.15) is 19.9 Å². The number of hydrogen-bond acceptors (Lipinski definition) is 6. The molecule has 0 saturated carbocycles. The van der Waals surface area contributed by atoms with Gasteiger partial charge in [-0.1, -0.05) is 42.1 Å². The van der Waals surface area contributed by atoms with Crippen LogP contribution in [0.2, 0.25) is 0 Å². The highest BCUT2D eigenvalue weighted by Crippen LogP contribution is 2.36. The molecule has 2 aromatic heterocycles. The molecule has 5 aromatic rings. The van der Waals surface area contributed by atoms with Crippen LogP contribution in [0.15, 0.2) is 75.0 Å². The van der Waals surface area contributed by atoms with E-state index in [1.165, 1.54) is 11.8 Å². The number of ether oxygens (including phenoxy) is 1. The summed E-state index contributed by atoms with van der Waals surface area (Å²) in [6, 6.07) is 18.5. The van der Waals surface area contributed by atoms with Crippen molar-refractivity contribution in [2.24, 2.45) is 0 Å².